The van der Waals surface area contributed by atoms with Crippen LogP contribution in [0.4, 0.5) is 4.79 Å². The summed E-state index contributed by atoms with van der Waals surface area (Å²) in [5, 5.41) is 12.6. The molecule has 0 saturated heterocycles. The molecule has 1 aromatic carbocycles. The Hall–Kier alpha value is -2.21. The van der Waals surface area contributed by atoms with Crippen LogP contribution in [0.25, 0.3) is 0 Å². The van der Waals surface area contributed by atoms with Crippen molar-refractivity contribution in [1.82, 2.24) is 5.32 Å². The Labute approximate surface area is 122 Å². The SMILES string of the molecule is COC(=O)N[C@H]1C=C[C@H](O)C[C@@H]1c1ccc2c(c1)OCO2. The van der Waals surface area contributed by atoms with Gasteiger partial charge in [-0.15, -0.1) is 0 Å². The van der Waals surface area contributed by atoms with E-state index >= 15 is 0 Å². The molecule has 1 amide bonds. The van der Waals surface area contributed by atoms with Crippen molar-refractivity contribution in [3.63, 3.8) is 0 Å². The van der Waals surface area contributed by atoms with E-state index in [-0.39, 0.29) is 18.8 Å². The van der Waals surface area contributed by atoms with E-state index in [1.54, 1.807) is 12.2 Å². The summed E-state index contributed by atoms with van der Waals surface area (Å²) in [5.41, 5.74) is 0.976. The maximum Gasteiger partial charge on any atom is 0.407 e. The summed E-state index contributed by atoms with van der Waals surface area (Å²) >= 11 is 0. The highest BCUT2D eigenvalue weighted by Gasteiger charge is 2.29. The molecule has 112 valence electrons. The standard InChI is InChI=1S/C15H17NO5/c1-19-15(18)16-12-4-3-10(17)7-11(12)9-2-5-13-14(6-9)21-8-20-13/h2-6,10-12,17H,7-8H2,1H3,(H,16,18)/t10-,11+,12-/m0/s1. The van der Waals surface area contributed by atoms with Gasteiger partial charge >= 0.3 is 6.09 Å². The third kappa shape index (κ3) is 2.80. The van der Waals surface area contributed by atoms with Gasteiger partial charge in [-0.3, -0.25) is 0 Å². The molecule has 6 heteroatoms. The smallest absolute Gasteiger partial charge is 0.407 e. The molecule has 3 atom stereocenters. The number of fused-ring (bicyclic) bond motifs is 1. The fourth-order valence-electron chi connectivity index (χ4n) is 2.70. The summed E-state index contributed by atoms with van der Waals surface area (Å²) in [6.45, 7) is 0.218. The lowest BCUT2D eigenvalue weighted by Crippen LogP contribution is -2.41. The predicted molar refractivity (Wildman–Crippen MR) is 74.4 cm³/mol. The summed E-state index contributed by atoms with van der Waals surface area (Å²) in [4.78, 5) is 11.5. The van der Waals surface area contributed by atoms with Crippen LogP contribution in [0.5, 0.6) is 11.5 Å². The van der Waals surface area contributed by atoms with Gasteiger partial charge in [0.2, 0.25) is 6.79 Å². The minimum absolute atomic E-state index is 0.0569. The van der Waals surface area contributed by atoms with Gasteiger partial charge in [-0.2, -0.15) is 0 Å². The van der Waals surface area contributed by atoms with Crippen molar-refractivity contribution < 1.29 is 24.1 Å². The van der Waals surface area contributed by atoms with Crippen molar-refractivity contribution in [2.75, 3.05) is 13.9 Å². The Morgan fingerprint density at radius 2 is 2.14 bits per heavy atom. The van der Waals surface area contributed by atoms with Crippen LogP contribution in [-0.4, -0.2) is 37.2 Å². The quantitative estimate of drug-likeness (QED) is 0.808. The molecule has 0 saturated carbocycles. The Balaban J connectivity index is 1.86. The van der Waals surface area contributed by atoms with Crippen LogP contribution in [0.3, 0.4) is 0 Å². The molecule has 6 nitrogen and oxygen atoms in total. The van der Waals surface area contributed by atoms with Gasteiger partial charge in [0.05, 0.1) is 19.3 Å². The molecule has 2 N–H and O–H groups in total. The van der Waals surface area contributed by atoms with E-state index in [9.17, 15) is 9.90 Å². The van der Waals surface area contributed by atoms with Crippen molar-refractivity contribution in [1.29, 1.82) is 0 Å². The zero-order chi connectivity index (χ0) is 14.8. The number of amides is 1. The number of carbonyl (C=O) groups excluding carboxylic acids is 1. The summed E-state index contributed by atoms with van der Waals surface area (Å²) in [7, 11) is 1.33. The molecule has 0 bridgehead atoms. The lowest BCUT2D eigenvalue weighted by atomic mass is 9.82. The first-order valence-corrected chi connectivity index (χ1v) is 6.78. The van der Waals surface area contributed by atoms with Crippen molar-refractivity contribution >= 4 is 6.09 Å². The average molecular weight is 291 g/mol. The second-order valence-corrected chi connectivity index (χ2v) is 5.07. The molecular weight excluding hydrogens is 274 g/mol. The third-order valence-corrected chi connectivity index (χ3v) is 3.76. The fourth-order valence-corrected chi connectivity index (χ4v) is 2.70. The lowest BCUT2D eigenvalue weighted by molar-refractivity contribution is 0.158. The Kier molecular flexibility index (Phi) is 3.70. The second-order valence-electron chi connectivity index (χ2n) is 5.07. The number of aliphatic hydroxyl groups excluding tert-OH is 1. The maximum absolute atomic E-state index is 11.5. The number of ether oxygens (including phenoxy) is 3. The highest BCUT2D eigenvalue weighted by Crippen LogP contribution is 2.38. The van der Waals surface area contributed by atoms with Crippen LogP contribution in [0, 0.1) is 0 Å². The summed E-state index contributed by atoms with van der Waals surface area (Å²) in [6, 6.07) is 5.43. The van der Waals surface area contributed by atoms with Gasteiger partial charge < -0.3 is 24.6 Å². The molecule has 1 aromatic rings. The van der Waals surface area contributed by atoms with Crippen LogP contribution < -0.4 is 14.8 Å². The van der Waals surface area contributed by atoms with E-state index in [4.69, 9.17) is 9.47 Å². The summed E-state index contributed by atoms with van der Waals surface area (Å²) < 4.78 is 15.3. The van der Waals surface area contributed by atoms with Crippen molar-refractivity contribution in [2.45, 2.75) is 24.5 Å². The van der Waals surface area contributed by atoms with E-state index in [0.717, 1.165) is 5.56 Å². The summed E-state index contributed by atoms with van der Waals surface area (Å²) in [6.07, 6.45) is 2.97. The topological polar surface area (TPSA) is 77.0 Å². The molecule has 0 aromatic heterocycles. The normalized spacial score (nSPS) is 26.5. The van der Waals surface area contributed by atoms with Crippen LogP contribution in [-0.2, 0) is 4.74 Å². The largest absolute Gasteiger partial charge is 0.454 e. The average Bonchev–Trinajstić information content (AvgIpc) is 2.96. The van der Waals surface area contributed by atoms with Crippen molar-refractivity contribution in [2.24, 2.45) is 0 Å². The van der Waals surface area contributed by atoms with Gasteiger partial charge in [0.1, 0.15) is 0 Å². The van der Waals surface area contributed by atoms with Gasteiger partial charge in [-0.05, 0) is 24.1 Å². The highest BCUT2D eigenvalue weighted by atomic mass is 16.7. The van der Waals surface area contributed by atoms with E-state index in [2.05, 4.69) is 10.1 Å². The van der Waals surface area contributed by atoms with Crippen LogP contribution in [0.15, 0.2) is 30.4 Å². The first-order valence-electron chi connectivity index (χ1n) is 6.78. The number of carbonyl (C=O) groups is 1. The number of aliphatic hydroxyl groups is 1. The molecule has 3 rings (SSSR count). The Morgan fingerprint density at radius 1 is 1.33 bits per heavy atom. The Morgan fingerprint density at radius 3 is 2.95 bits per heavy atom. The number of hydrogen-bond donors (Lipinski definition) is 2. The van der Waals surface area contributed by atoms with Gasteiger partial charge in [0.25, 0.3) is 0 Å². The number of hydrogen-bond acceptors (Lipinski definition) is 5. The molecule has 1 heterocycles. The van der Waals surface area contributed by atoms with Crippen LogP contribution in [0.2, 0.25) is 0 Å². The van der Waals surface area contributed by atoms with E-state index in [1.165, 1.54) is 7.11 Å². The van der Waals surface area contributed by atoms with E-state index in [0.29, 0.717) is 17.9 Å². The summed E-state index contributed by atoms with van der Waals surface area (Å²) in [5.74, 6) is 1.34. The van der Waals surface area contributed by atoms with Gasteiger partial charge in [0.15, 0.2) is 11.5 Å². The van der Waals surface area contributed by atoms with E-state index in [1.807, 2.05) is 18.2 Å². The fraction of sp³-hybridized carbons (Fsp3) is 0.400. The molecule has 0 radical (unpaired) electrons. The molecule has 2 aliphatic rings. The molecular formula is C15H17NO5. The van der Waals surface area contributed by atoms with Crippen LogP contribution in [0.1, 0.15) is 17.9 Å². The molecule has 1 aliphatic heterocycles. The number of rotatable bonds is 2. The van der Waals surface area contributed by atoms with Gasteiger partial charge in [0, 0.05) is 5.92 Å². The minimum atomic E-state index is -0.531. The maximum atomic E-state index is 11.5. The second kappa shape index (κ2) is 5.65. The van der Waals surface area contributed by atoms with Crippen molar-refractivity contribution in [3.05, 3.63) is 35.9 Å². The number of benzene rings is 1. The molecule has 0 fully saturated rings. The predicted octanol–water partition coefficient (Wildman–Crippen LogP) is 1.54. The van der Waals surface area contributed by atoms with Gasteiger partial charge in [-0.1, -0.05) is 18.2 Å². The van der Waals surface area contributed by atoms with Crippen molar-refractivity contribution in [3.8, 4) is 11.5 Å². The zero-order valence-corrected chi connectivity index (χ0v) is 11.6. The number of nitrogens with one attached hydrogen (secondary N) is 1. The van der Waals surface area contributed by atoms with Gasteiger partial charge in [-0.25, -0.2) is 4.79 Å². The number of alkyl carbamates (subject to hydrolysis) is 1. The zero-order valence-electron chi connectivity index (χ0n) is 11.6. The Bertz CT molecular complexity index is 571. The molecule has 0 spiro atoms. The highest BCUT2D eigenvalue weighted by molar-refractivity contribution is 5.68. The molecule has 21 heavy (non-hydrogen) atoms. The molecule has 1 aliphatic carbocycles. The lowest BCUT2D eigenvalue weighted by Gasteiger charge is -2.30. The third-order valence-electron chi connectivity index (χ3n) is 3.76. The first kappa shape index (κ1) is 13.8. The first-order chi connectivity index (χ1) is 10.2. The minimum Gasteiger partial charge on any atom is -0.454 e. The number of methoxy groups -OCH3 is 1. The monoisotopic (exact) mass is 291 g/mol. The molecule has 0 unspecified atom stereocenters. The van der Waals surface area contributed by atoms with Crippen LogP contribution >= 0.6 is 0 Å². The van der Waals surface area contributed by atoms with E-state index < -0.39 is 12.2 Å².